The number of hydrogen-bond acceptors (Lipinski definition) is 3. The Kier molecular flexibility index (Phi) is 4.56. The summed E-state index contributed by atoms with van der Waals surface area (Å²) < 4.78 is 7.60. The second-order valence-corrected chi connectivity index (χ2v) is 6.18. The van der Waals surface area contributed by atoms with Crippen molar-refractivity contribution in [3.63, 3.8) is 0 Å². The van der Waals surface area contributed by atoms with Crippen molar-refractivity contribution in [1.29, 1.82) is 0 Å². The number of carbonyl (C=O) groups is 1. The number of rotatable bonds is 2. The fraction of sp³-hybridized carbons (Fsp3) is 0.733. The molecule has 0 spiro atoms. The Bertz CT molecular complexity index is 514. The molecule has 2 heterocycles. The Morgan fingerprint density at radius 2 is 1.86 bits per heavy atom. The molecule has 118 valence electrons. The van der Waals surface area contributed by atoms with Gasteiger partial charge in [-0.3, -0.25) is 4.68 Å². The molecule has 1 aromatic heterocycles. The fourth-order valence-electron chi connectivity index (χ4n) is 2.88. The van der Waals surface area contributed by atoms with Crippen molar-refractivity contribution in [2.45, 2.75) is 59.8 Å². The zero-order valence-corrected chi connectivity index (χ0v) is 13.8. The van der Waals surface area contributed by atoms with Gasteiger partial charge in [-0.2, -0.15) is 5.10 Å². The van der Waals surface area contributed by atoms with Crippen LogP contribution in [0.4, 0.5) is 10.5 Å². The number of nitrogens with zero attached hydrogens (tertiary/aromatic N) is 3. The van der Waals surface area contributed by atoms with E-state index in [-0.39, 0.29) is 24.3 Å². The first kappa shape index (κ1) is 15.8. The summed E-state index contributed by atoms with van der Waals surface area (Å²) in [6.07, 6.45) is 0.139. The van der Waals surface area contributed by atoms with Gasteiger partial charge in [0.1, 0.15) is 0 Å². The van der Waals surface area contributed by atoms with Crippen LogP contribution in [-0.2, 0) is 4.74 Å². The molecule has 1 saturated heterocycles. The van der Waals surface area contributed by atoms with Crippen LogP contribution in [0.5, 0.6) is 0 Å². The third kappa shape index (κ3) is 3.37. The lowest BCUT2D eigenvalue weighted by Crippen LogP contribution is -2.49. The summed E-state index contributed by atoms with van der Waals surface area (Å²) in [6, 6.07) is 0.198. The molecule has 0 saturated carbocycles. The maximum absolute atomic E-state index is 12.5. The lowest BCUT2D eigenvalue weighted by Gasteiger charge is -2.35. The Morgan fingerprint density at radius 3 is 2.33 bits per heavy atom. The van der Waals surface area contributed by atoms with Crippen LogP contribution in [0, 0.1) is 13.8 Å². The normalized spacial score (nSPS) is 22.7. The predicted octanol–water partition coefficient (Wildman–Crippen LogP) is 2.72. The zero-order chi connectivity index (χ0) is 15.7. The average Bonchev–Trinajstić information content (AvgIpc) is 2.65. The minimum atomic E-state index is -0.0773. The molecule has 2 rings (SSSR count). The van der Waals surface area contributed by atoms with E-state index in [1.54, 1.807) is 0 Å². The quantitative estimate of drug-likeness (QED) is 0.912. The third-order valence-corrected chi connectivity index (χ3v) is 3.75. The van der Waals surface area contributed by atoms with Crippen molar-refractivity contribution in [2.75, 3.05) is 18.4 Å². The van der Waals surface area contributed by atoms with Crippen molar-refractivity contribution in [3.8, 4) is 0 Å². The highest BCUT2D eigenvalue weighted by molar-refractivity contribution is 5.90. The molecule has 2 atom stereocenters. The monoisotopic (exact) mass is 294 g/mol. The van der Waals surface area contributed by atoms with Crippen LogP contribution in [0.1, 0.15) is 45.1 Å². The lowest BCUT2D eigenvalue weighted by atomic mass is 10.2. The highest BCUT2D eigenvalue weighted by Gasteiger charge is 2.27. The SMILES string of the molecule is Cc1nn(C(C)C)c(C)c1NC(=O)N1CC(C)OC(C)C1. The third-order valence-electron chi connectivity index (χ3n) is 3.75. The molecule has 1 aliphatic heterocycles. The molecule has 2 amide bonds. The molecule has 6 heteroatoms. The first-order chi connectivity index (χ1) is 9.79. The molecular formula is C15H26N4O2. The molecule has 1 N–H and O–H groups in total. The van der Waals surface area contributed by atoms with Gasteiger partial charge in [0.05, 0.1) is 29.3 Å². The number of ether oxygens (including phenoxy) is 1. The number of anilines is 1. The Labute approximate surface area is 126 Å². The van der Waals surface area contributed by atoms with Crippen molar-refractivity contribution in [1.82, 2.24) is 14.7 Å². The molecule has 0 aliphatic carbocycles. The van der Waals surface area contributed by atoms with Gasteiger partial charge in [-0.05, 0) is 41.5 Å². The summed E-state index contributed by atoms with van der Waals surface area (Å²) in [6.45, 7) is 13.3. The molecule has 21 heavy (non-hydrogen) atoms. The first-order valence-electron chi connectivity index (χ1n) is 7.56. The molecular weight excluding hydrogens is 268 g/mol. The van der Waals surface area contributed by atoms with Crippen molar-refractivity contribution < 1.29 is 9.53 Å². The standard InChI is InChI=1S/C15H26N4O2/c1-9(2)19-13(6)14(12(5)17-19)16-15(20)18-7-10(3)21-11(4)8-18/h9-11H,7-8H2,1-6H3,(H,16,20). The number of aromatic nitrogens is 2. The van der Waals surface area contributed by atoms with E-state index in [4.69, 9.17) is 4.74 Å². The maximum atomic E-state index is 12.5. The number of urea groups is 1. The summed E-state index contributed by atoms with van der Waals surface area (Å²) in [5.41, 5.74) is 2.66. The van der Waals surface area contributed by atoms with Crippen LogP contribution in [0.2, 0.25) is 0 Å². The molecule has 6 nitrogen and oxygen atoms in total. The average molecular weight is 294 g/mol. The molecule has 1 aliphatic rings. The largest absolute Gasteiger partial charge is 0.372 e. The van der Waals surface area contributed by atoms with Gasteiger partial charge in [0.15, 0.2) is 0 Å². The van der Waals surface area contributed by atoms with Gasteiger partial charge in [0.2, 0.25) is 0 Å². The number of nitrogens with one attached hydrogen (secondary N) is 1. The number of amides is 2. The van der Waals surface area contributed by atoms with E-state index in [9.17, 15) is 4.79 Å². The minimum Gasteiger partial charge on any atom is -0.372 e. The van der Waals surface area contributed by atoms with Gasteiger partial charge >= 0.3 is 6.03 Å². The number of aryl methyl sites for hydroxylation is 1. The van der Waals surface area contributed by atoms with Crippen LogP contribution in [-0.4, -0.2) is 46.0 Å². The van der Waals surface area contributed by atoms with Crippen LogP contribution in [0.3, 0.4) is 0 Å². The highest BCUT2D eigenvalue weighted by Crippen LogP contribution is 2.23. The van der Waals surface area contributed by atoms with E-state index >= 15 is 0 Å². The zero-order valence-electron chi connectivity index (χ0n) is 13.8. The Hall–Kier alpha value is -1.56. The number of morpholine rings is 1. The maximum Gasteiger partial charge on any atom is 0.322 e. The van der Waals surface area contributed by atoms with E-state index < -0.39 is 0 Å². The van der Waals surface area contributed by atoms with E-state index in [2.05, 4.69) is 24.3 Å². The van der Waals surface area contributed by atoms with Gasteiger partial charge in [-0.25, -0.2) is 4.79 Å². The van der Waals surface area contributed by atoms with Crippen molar-refractivity contribution in [2.24, 2.45) is 0 Å². The van der Waals surface area contributed by atoms with Gasteiger partial charge in [-0.15, -0.1) is 0 Å². The summed E-state index contributed by atoms with van der Waals surface area (Å²) >= 11 is 0. The van der Waals surface area contributed by atoms with Gasteiger partial charge in [0, 0.05) is 19.1 Å². The van der Waals surface area contributed by atoms with Crippen LogP contribution < -0.4 is 5.32 Å². The molecule has 1 aromatic rings. The van der Waals surface area contributed by atoms with E-state index in [1.165, 1.54) is 0 Å². The first-order valence-corrected chi connectivity index (χ1v) is 7.56. The van der Waals surface area contributed by atoms with E-state index in [0.717, 1.165) is 17.1 Å². The second kappa shape index (κ2) is 6.05. The summed E-state index contributed by atoms with van der Waals surface area (Å²) in [4.78, 5) is 14.3. The van der Waals surface area contributed by atoms with E-state index in [1.807, 2.05) is 37.3 Å². The Balaban J connectivity index is 2.13. The van der Waals surface area contributed by atoms with Crippen molar-refractivity contribution >= 4 is 11.7 Å². The molecule has 2 unspecified atom stereocenters. The topological polar surface area (TPSA) is 59.4 Å². The number of carbonyl (C=O) groups excluding carboxylic acids is 1. The lowest BCUT2D eigenvalue weighted by molar-refractivity contribution is -0.0530. The molecule has 0 aromatic carbocycles. The van der Waals surface area contributed by atoms with E-state index in [0.29, 0.717) is 13.1 Å². The van der Waals surface area contributed by atoms with Crippen molar-refractivity contribution in [3.05, 3.63) is 11.4 Å². The number of hydrogen-bond donors (Lipinski definition) is 1. The highest BCUT2D eigenvalue weighted by atomic mass is 16.5. The Morgan fingerprint density at radius 1 is 1.29 bits per heavy atom. The van der Waals surface area contributed by atoms with Gasteiger partial charge in [0.25, 0.3) is 0 Å². The van der Waals surface area contributed by atoms with Crippen LogP contribution in [0.15, 0.2) is 0 Å². The smallest absolute Gasteiger partial charge is 0.322 e. The summed E-state index contributed by atoms with van der Waals surface area (Å²) in [5, 5.41) is 7.51. The molecule has 0 bridgehead atoms. The molecule has 0 radical (unpaired) electrons. The van der Waals surface area contributed by atoms with Gasteiger partial charge in [-0.1, -0.05) is 0 Å². The summed E-state index contributed by atoms with van der Waals surface area (Å²) in [5.74, 6) is 0. The van der Waals surface area contributed by atoms with Crippen LogP contribution >= 0.6 is 0 Å². The second-order valence-electron chi connectivity index (χ2n) is 6.18. The van der Waals surface area contributed by atoms with Crippen LogP contribution in [0.25, 0.3) is 0 Å². The molecule has 1 fully saturated rings. The minimum absolute atomic E-state index is 0.0695. The van der Waals surface area contributed by atoms with Gasteiger partial charge < -0.3 is 15.0 Å². The predicted molar refractivity (Wildman–Crippen MR) is 82.7 cm³/mol. The summed E-state index contributed by atoms with van der Waals surface area (Å²) in [7, 11) is 0. The fourth-order valence-corrected chi connectivity index (χ4v) is 2.88.